The summed E-state index contributed by atoms with van der Waals surface area (Å²) in [5.74, 6) is -0.520. The highest BCUT2D eigenvalue weighted by atomic mass is 35.5. The van der Waals surface area contributed by atoms with Crippen molar-refractivity contribution in [1.29, 1.82) is 0 Å². The molecule has 0 unspecified atom stereocenters. The Bertz CT molecular complexity index is 1120. The fourth-order valence-corrected chi connectivity index (χ4v) is 5.09. The molecule has 2 aromatic carbocycles. The molecule has 0 aromatic heterocycles. The van der Waals surface area contributed by atoms with Gasteiger partial charge in [-0.25, -0.2) is 8.42 Å². The van der Waals surface area contributed by atoms with Gasteiger partial charge in [0.25, 0.3) is 0 Å². The van der Waals surface area contributed by atoms with E-state index in [4.69, 9.17) is 23.2 Å². The highest BCUT2D eigenvalue weighted by Gasteiger charge is 2.28. The summed E-state index contributed by atoms with van der Waals surface area (Å²) in [4.78, 5) is 27.3. The van der Waals surface area contributed by atoms with Crippen LogP contribution in [0.25, 0.3) is 0 Å². The zero-order valence-electron chi connectivity index (χ0n) is 19.8. The van der Waals surface area contributed by atoms with Gasteiger partial charge in [-0.3, -0.25) is 13.9 Å². The van der Waals surface area contributed by atoms with Crippen LogP contribution in [0.4, 0.5) is 5.69 Å². The summed E-state index contributed by atoms with van der Waals surface area (Å²) in [6.07, 6.45) is 1.94. The van der Waals surface area contributed by atoms with Gasteiger partial charge >= 0.3 is 0 Å². The number of nitrogens with zero attached hydrogens (tertiary/aromatic N) is 2. The highest BCUT2D eigenvalue weighted by molar-refractivity contribution is 7.92. The van der Waals surface area contributed by atoms with Crippen LogP contribution in [0.2, 0.25) is 10.0 Å². The predicted octanol–water partition coefficient (Wildman–Crippen LogP) is 4.40. The third kappa shape index (κ3) is 7.35. The number of halogens is 2. The highest BCUT2D eigenvalue weighted by Crippen LogP contribution is 2.25. The lowest BCUT2D eigenvalue weighted by atomic mass is 10.1. The van der Waals surface area contributed by atoms with Crippen molar-refractivity contribution in [3.05, 3.63) is 63.6 Å². The van der Waals surface area contributed by atoms with Gasteiger partial charge in [0.05, 0.1) is 22.0 Å². The molecule has 2 aromatic rings. The van der Waals surface area contributed by atoms with Crippen molar-refractivity contribution in [3.63, 3.8) is 0 Å². The maximum absolute atomic E-state index is 13.3. The standard InChI is InChI=1S/C24H31Cl2N3O4S/c1-5-21(24(31)27-3)28(16-18-12-13-19(25)20(26)15-18)23(30)11-8-14-29(34(4,32)33)22-10-7-6-9-17(22)2/h6-7,9-10,12-13,15,21H,5,8,11,14,16H2,1-4H3,(H,27,31)/t21-/m0/s1. The van der Waals surface area contributed by atoms with Crippen LogP contribution in [0.5, 0.6) is 0 Å². The first-order chi connectivity index (χ1) is 16.0. The van der Waals surface area contributed by atoms with E-state index in [0.717, 1.165) is 17.4 Å². The number of likely N-dealkylation sites (N-methyl/N-ethyl adjacent to an activating group) is 1. The molecule has 0 bridgehead atoms. The van der Waals surface area contributed by atoms with Crippen molar-refractivity contribution >= 4 is 50.7 Å². The number of amides is 2. The number of anilines is 1. The quantitative estimate of drug-likeness (QED) is 0.469. The van der Waals surface area contributed by atoms with Gasteiger partial charge in [0.15, 0.2) is 0 Å². The zero-order valence-corrected chi connectivity index (χ0v) is 22.2. The molecule has 0 spiro atoms. The minimum Gasteiger partial charge on any atom is -0.357 e. The van der Waals surface area contributed by atoms with Crippen molar-refractivity contribution < 1.29 is 18.0 Å². The van der Waals surface area contributed by atoms with E-state index in [9.17, 15) is 18.0 Å². The second-order valence-corrected chi connectivity index (χ2v) is 10.8. The lowest BCUT2D eigenvalue weighted by Crippen LogP contribution is -2.48. The van der Waals surface area contributed by atoms with Crippen LogP contribution in [0.3, 0.4) is 0 Å². The van der Waals surface area contributed by atoms with E-state index in [1.165, 1.54) is 16.3 Å². The van der Waals surface area contributed by atoms with Crippen LogP contribution in [0, 0.1) is 6.92 Å². The Morgan fingerprint density at radius 2 is 1.76 bits per heavy atom. The summed E-state index contributed by atoms with van der Waals surface area (Å²) >= 11 is 12.1. The number of hydrogen-bond donors (Lipinski definition) is 1. The smallest absolute Gasteiger partial charge is 0.242 e. The van der Waals surface area contributed by atoms with Crippen molar-refractivity contribution in [2.24, 2.45) is 0 Å². The summed E-state index contributed by atoms with van der Waals surface area (Å²) in [5.41, 5.74) is 2.15. The van der Waals surface area contributed by atoms with Crippen molar-refractivity contribution in [1.82, 2.24) is 10.2 Å². The monoisotopic (exact) mass is 527 g/mol. The lowest BCUT2D eigenvalue weighted by molar-refractivity contribution is -0.141. The fourth-order valence-electron chi connectivity index (χ4n) is 3.75. The molecule has 0 fully saturated rings. The van der Waals surface area contributed by atoms with Crippen LogP contribution in [0.15, 0.2) is 42.5 Å². The first-order valence-electron chi connectivity index (χ1n) is 11.0. The van der Waals surface area contributed by atoms with E-state index in [1.54, 1.807) is 30.3 Å². The van der Waals surface area contributed by atoms with Crippen molar-refractivity contribution in [2.75, 3.05) is 24.2 Å². The van der Waals surface area contributed by atoms with E-state index < -0.39 is 16.1 Å². The first-order valence-corrected chi connectivity index (χ1v) is 13.6. The molecule has 34 heavy (non-hydrogen) atoms. The number of rotatable bonds is 11. The Morgan fingerprint density at radius 1 is 1.09 bits per heavy atom. The fraction of sp³-hybridized carbons (Fsp3) is 0.417. The van der Waals surface area contributed by atoms with Gasteiger partial charge in [0, 0.05) is 26.6 Å². The van der Waals surface area contributed by atoms with Gasteiger partial charge in [-0.15, -0.1) is 0 Å². The molecule has 0 saturated carbocycles. The summed E-state index contributed by atoms with van der Waals surface area (Å²) in [5, 5.41) is 3.38. The average molecular weight is 529 g/mol. The van der Waals surface area contributed by atoms with Gasteiger partial charge in [-0.1, -0.05) is 54.4 Å². The molecule has 0 aliphatic carbocycles. The maximum atomic E-state index is 13.3. The third-order valence-electron chi connectivity index (χ3n) is 5.51. The number of nitrogens with one attached hydrogen (secondary N) is 1. The summed E-state index contributed by atoms with van der Waals surface area (Å²) < 4.78 is 26.2. The number of carbonyl (C=O) groups is 2. The molecule has 186 valence electrons. The van der Waals surface area contributed by atoms with Gasteiger partial charge in [-0.2, -0.15) is 0 Å². The Morgan fingerprint density at radius 3 is 2.32 bits per heavy atom. The molecule has 0 saturated heterocycles. The Hall–Kier alpha value is -2.29. The van der Waals surface area contributed by atoms with Crippen LogP contribution in [0.1, 0.15) is 37.3 Å². The SMILES string of the molecule is CC[C@@H](C(=O)NC)N(Cc1ccc(Cl)c(Cl)c1)C(=O)CCCN(c1ccccc1C)S(C)(=O)=O. The second kappa shape index (κ2) is 12.4. The number of sulfonamides is 1. The minimum absolute atomic E-state index is 0.0761. The molecule has 1 N–H and O–H groups in total. The van der Waals surface area contributed by atoms with E-state index in [2.05, 4.69) is 5.32 Å². The van der Waals surface area contributed by atoms with Gasteiger partial charge in [0.2, 0.25) is 21.8 Å². The number of carbonyl (C=O) groups excluding carboxylic acids is 2. The molecule has 2 amide bonds. The normalized spacial score (nSPS) is 12.2. The summed E-state index contributed by atoms with van der Waals surface area (Å²) in [6.45, 7) is 3.99. The second-order valence-electron chi connectivity index (χ2n) is 8.03. The molecule has 1 atom stereocenters. The van der Waals surface area contributed by atoms with Gasteiger partial charge < -0.3 is 10.2 Å². The number of hydrogen-bond acceptors (Lipinski definition) is 4. The Balaban J connectivity index is 2.22. The van der Waals surface area contributed by atoms with E-state index >= 15 is 0 Å². The lowest BCUT2D eigenvalue weighted by Gasteiger charge is -2.31. The van der Waals surface area contributed by atoms with Crippen LogP contribution < -0.4 is 9.62 Å². The molecular weight excluding hydrogens is 497 g/mol. The Kier molecular flexibility index (Phi) is 10.2. The maximum Gasteiger partial charge on any atom is 0.242 e. The van der Waals surface area contributed by atoms with Crippen molar-refractivity contribution in [3.8, 4) is 0 Å². The molecule has 0 aliphatic rings. The first kappa shape index (κ1) is 28.0. The molecule has 7 nitrogen and oxygen atoms in total. The largest absolute Gasteiger partial charge is 0.357 e. The zero-order chi connectivity index (χ0) is 25.5. The van der Waals surface area contributed by atoms with Crippen molar-refractivity contribution in [2.45, 2.75) is 45.7 Å². The Labute approximate surface area is 212 Å². The van der Waals surface area contributed by atoms with E-state index in [1.807, 2.05) is 26.0 Å². The molecule has 0 heterocycles. The van der Waals surface area contributed by atoms with Crippen LogP contribution in [-0.4, -0.2) is 51.0 Å². The van der Waals surface area contributed by atoms with Crippen LogP contribution >= 0.6 is 23.2 Å². The van der Waals surface area contributed by atoms with E-state index in [0.29, 0.717) is 28.6 Å². The molecular formula is C24H31Cl2N3O4S. The molecule has 10 heteroatoms. The topological polar surface area (TPSA) is 86.8 Å². The molecule has 2 rings (SSSR count). The van der Waals surface area contributed by atoms with Gasteiger partial charge in [0.1, 0.15) is 6.04 Å². The predicted molar refractivity (Wildman–Crippen MR) is 138 cm³/mol. The van der Waals surface area contributed by atoms with E-state index in [-0.39, 0.29) is 31.3 Å². The molecule has 0 radical (unpaired) electrons. The summed E-state index contributed by atoms with van der Waals surface area (Å²) in [7, 11) is -2.01. The number of benzene rings is 2. The minimum atomic E-state index is -3.54. The van der Waals surface area contributed by atoms with Crippen LogP contribution in [-0.2, 0) is 26.2 Å². The number of aryl methyl sites for hydroxylation is 1. The molecule has 0 aliphatic heterocycles. The third-order valence-corrected chi connectivity index (χ3v) is 7.42. The average Bonchev–Trinajstić information content (AvgIpc) is 2.78. The summed E-state index contributed by atoms with van der Waals surface area (Å²) in [6, 6.07) is 11.6. The van der Waals surface area contributed by atoms with Gasteiger partial charge in [-0.05, 0) is 49.1 Å². The number of para-hydroxylation sites is 1.